The Morgan fingerprint density at radius 2 is 1.75 bits per heavy atom. The molecule has 7 heteroatoms. The van der Waals surface area contributed by atoms with E-state index in [4.69, 9.17) is 9.47 Å². The number of aromatic nitrogens is 4. The van der Waals surface area contributed by atoms with Gasteiger partial charge in [-0.15, -0.1) is 0 Å². The van der Waals surface area contributed by atoms with Crippen molar-refractivity contribution in [3.63, 3.8) is 0 Å². The third-order valence-electron chi connectivity index (χ3n) is 4.58. The standard InChI is InChI=1S/C21H19N5O2/c1-26(15-5-4-8-22-12-15)21-7-6-14(11-23-21)17-13-24-25-18-10-20(28-3)19(27-2)9-16(17)18/h4-13H,1-3H3. The molecule has 0 saturated heterocycles. The highest BCUT2D eigenvalue weighted by Gasteiger charge is 2.13. The van der Waals surface area contributed by atoms with Crippen LogP contribution in [0, 0.1) is 0 Å². The fourth-order valence-electron chi connectivity index (χ4n) is 3.04. The van der Waals surface area contributed by atoms with Crippen LogP contribution >= 0.6 is 0 Å². The predicted octanol–water partition coefficient (Wildman–Crippen LogP) is 3.87. The molecule has 0 aliphatic rings. The summed E-state index contributed by atoms with van der Waals surface area (Å²) < 4.78 is 10.8. The molecule has 4 aromatic rings. The van der Waals surface area contributed by atoms with E-state index in [-0.39, 0.29) is 0 Å². The summed E-state index contributed by atoms with van der Waals surface area (Å²) in [5.74, 6) is 2.08. The largest absolute Gasteiger partial charge is 0.493 e. The highest BCUT2D eigenvalue weighted by molar-refractivity contribution is 5.95. The molecule has 140 valence electrons. The number of pyridine rings is 2. The van der Waals surface area contributed by atoms with Gasteiger partial charge in [0.25, 0.3) is 0 Å². The van der Waals surface area contributed by atoms with E-state index in [2.05, 4.69) is 20.2 Å². The van der Waals surface area contributed by atoms with Gasteiger partial charge in [-0.05, 0) is 30.3 Å². The lowest BCUT2D eigenvalue weighted by molar-refractivity contribution is 0.356. The van der Waals surface area contributed by atoms with Crippen LogP contribution in [0.1, 0.15) is 0 Å². The maximum absolute atomic E-state index is 5.43. The SMILES string of the molecule is COc1cc2nncc(-c3ccc(N(C)c4cccnc4)nc3)c2cc1OC. The third kappa shape index (κ3) is 3.18. The minimum atomic E-state index is 0.619. The van der Waals surface area contributed by atoms with Crippen LogP contribution in [-0.2, 0) is 0 Å². The van der Waals surface area contributed by atoms with Gasteiger partial charge in [-0.2, -0.15) is 10.2 Å². The van der Waals surface area contributed by atoms with Gasteiger partial charge in [-0.25, -0.2) is 4.98 Å². The lowest BCUT2D eigenvalue weighted by atomic mass is 10.0. The number of benzene rings is 1. The zero-order chi connectivity index (χ0) is 19.5. The van der Waals surface area contributed by atoms with Crippen LogP contribution in [0.4, 0.5) is 11.5 Å². The number of nitrogens with zero attached hydrogens (tertiary/aromatic N) is 5. The number of hydrogen-bond donors (Lipinski definition) is 0. The molecule has 0 fully saturated rings. The summed E-state index contributed by atoms with van der Waals surface area (Å²) in [5, 5.41) is 9.27. The summed E-state index contributed by atoms with van der Waals surface area (Å²) in [6.07, 6.45) is 7.11. The van der Waals surface area contributed by atoms with Crippen molar-refractivity contribution in [3.8, 4) is 22.6 Å². The lowest BCUT2D eigenvalue weighted by Gasteiger charge is -2.18. The van der Waals surface area contributed by atoms with Crippen molar-refractivity contribution in [2.75, 3.05) is 26.2 Å². The van der Waals surface area contributed by atoms with Crippen LogP contribution in [-0.4, -0.2) is 41.4 Å². The van der Waals surface area contributed by atoms with Crippen LogP contribution in [0.3, 0.4) is 0 Å². The Balaban J connectivity index is 1.74. The van der Waals surface area contributed by atoms with Crippen molar-refractivity contribution < 1.29 is 9.47 Å². The van der Waals surface area contributed by atoms with Gasteiger partial charge in [0.15, 0.2) is 11.5 Å². The summed E-state index contributed by atoms with van der Waals surface area (Å²) >= 11 is 0. The van der Waals surface area contributed by atoms with Crippen LogP contribution in [0.15, 0.2) is 61.2 Å². The number of methoxy groups -OCH3 is 2. The molecule has 28 heavy (non-hydrogen) atoms. The van der Waals surface area contributed by atoms with Crippen LogP contribution in [0.5, 0.6) is 11.5 Å². The zero-order valence-electron chi connectivity index (χ0n) is 15.8. The summed E-state index contributed by atoms with van der Waals surface area (Å²) in [6.45, 7) is 0. The van der Waals surface area contributed by atoms with Crippen LogP contribution in [0.2, 0.25) is 0 Å². The van der Waals surface area contributed by atoms with Gasteiger partial charge in [0, 0.05) is 42.0 Å². The Bertz CT molecular complexity index is 1100. The van der Waals surface area contributed by atoms with Crippen molar-refractivity contribution in [1.29, 1.82) is 0 Å². The highest BCUT2D eigenvalue weighted by Crippen LogP contribution is 2.35. The van der Waals surface area contributed by atoms with Gasteiger partial charge >= 0.3 is 0 Å². The first-order chi connectivity index (χ1) is 13.7. The lowest BCUT2D eigenvalue weighted by Crippen LogP contribution is -2.11. The molecule has 0 spiro atoms. The molecule has 0 saturated carbocycles. The Labute approximate surface area is 162 Å². The predicted molar refractivity (Wildman–Crippen MR) is 108 cm³/mol. The molecule has 1 aromatic carbocycles. The van der Waals surface area contributed by atoms with Gasteiger partial charge in [0.1, 0.15) is 5.82 Å². The van der Waals surface area contributed by atoms with E-state index in [0.717, 1.165) is 33.5 Å². The second kappa shape index (κ2) is 7.48. The molecular formula is C21H19N5O2. The molecule has 0 atom stereocenters. The topological polar surface area (TPSA) is 73.3 Å². The molecule has 3 heterocycles. The first-order valence-corrected chi connectivity index (χ1v) is 8.69. The van der Waals surface area contributed by atoms with Gasteiger partial charge < -0.3 is 14.4 Å². The zero-order valence-corrected chi connectivity index (χ0v) is 15.8. The molecule has 4 rings (SSSR count). The van der Waals surface area contributed by atoms with E-state index in [1.165, 1.54) is 0 Å². The smallest absolute Gasteiger partial charge is 0.162 e. The van der Waals surface area contributed by atoms with Crippen LogP contribution < -0.4 is 14.4 Å². The Hall–Kier alpha value is -3.74. The molecule has 0 aliphatic carbocycles. The number of hydrogen-bond acceptors (Lipinski definition) is 7. The number of fused-ring (bicyclic) bond motifs is 1. The Kier molecular flexibility index (Phi) is 4.72. The molecule has 0 amide bonds. The summed E-state index contributed by atoms with van der Waals surface area (Å²) in [7, 11) is 5.17. The normalized spacial score (nSPS) is 10.7. The van der Waals surface area contributed by atoms with Gasteiger partial charge in [0.2, 0.25) is 0 Å². The van der Waals surface area contributed by atoms with Crippen molar-refractivity contribution >= 4 is 22.4 Å². The maximum atomic E-state index is 5.43. The Morgan fingerprint density at radius 3 is 2.43 bits per heavy atom. The highest BCUT2D eigenvalue weighted by atomic mass is 16.5. The molecule has 7 nitrogen and oxygen atoms in total. The van der Waals surface area contributed by atoms with Crippen molar-refractivity contribution in [2.24, 2.45) is 0 Å². The first-order valence-electron chi connectivity index (χ1n) is 8.69. The molecule has 3 aromatic heterocycles. The number of rotatable bonds is 5. The third-order valence-corrected chi connectivity index (χ3v) is 4.58. The van der Waals surface area contributed by atoms with E-state index in [1.54, 1.807) is 32.8 Å². The van der Waals surface area contributed by atoms with E-state index in [0.29, 0.717) is 11.5 Å². The van der Waals surface area contributed by atoms with Gasteiger partial charge in [0.05, 0.1) is 37.8 Å². The fraction of sp³-hybridized carbons (Fsp3) is 0.143. The molecule has 0 N–H and O–H groups in total. The number of anilines is 2. The van der Waals surface area contributed by atoms with Gasteiger partial charge in [-0.1, -0.05) is 0 Å². The second-order valence-corrected chi connectivity index (χ2v) is 6.16. The average molecular weight is 373 g/mol. The van der Waals surface area contributed by atoms with E-state index >= 15 is 0 Å². The quantitative estimate of drug-likeness (QED) is 0.526. The molecule has 0 bridgehead atoms. The van der Waals surface area contributed by atoms with E-state index in [1.807, 2.05) is 54.5 Å². The minimum absolute atomic E-state index is 0.619. The summed E-state index contributed by atoms with van der Waals surface area (Å²) in [5.41, 5.74) is 3.56. The number of ether oxygens (including phenoxy) is 2. The van der Waals surface area contributed by atoms with Crippen LogP contribution in [0.25, 0.3) is 22.0 Å². The Morgan fingerprint density at radius 1 is 0.929 bits per heavy atom. The minimum Gasteiger partial charge on any atom is -0.493 e. The van der Waals surface area contributed by atoms with Crippen molar-refractivity contribution in [3.05, 3.63) is 61.2 Å². The molecule has 0 radical (unpaired) electrons. The first kappa shape index (κ1) is 17.7. The van der Waals surface area contributed by atoms with Crippen molar-refractivity contribution in [2.45, 2.75) is 0 Å². The van der Waals surface area contributed by atoms with E-state index in [9.17, 15) is 0 Å². The average Bonchev–Trinajstić information content (AvgIpc) is 2.77. The van der Waals surface area contributed by atoms with E-state index < -0.39 is 0 Å². The molecule has 0 unspecified atom stereocenters. The van der Waals surface area contributed by atoms with Gasteiger partial charge in [-0.3, -0.25) is 4.98 Å². The maximum Gasteiger partial charge on any atom is 0.162 e. The monoisotopic (exact) mass is 373 g/mol. The summed E-state index contributed by atoms with van der Waals surface area (Å²) in [6, 6.07) is 11.6. The molecular weight excluding hydrogens is 354 g/mol. The fourth-order valence-corrected chi connectivity index (χ4v) is 3.04. The summed E-state index contributed by atoms with van der Waals surface area (Å²) in [4.78, 5) is 10.7. The van der Waals surface area contributed by atoms with Crippen molar-refractivity contribution in [1.82, 2.24) is 20.2 Å². The molecule has 0 aliphatic heterocycles. The second-order valence-electron chi connectivity index (χ2n) is 6.16.